The van der Waals surface area contributed by atoms with Gasteiger partial charge in [-0.2, -0.15) is 11.8 Å². The van der Waals surface area contributed by atoms with Crippen molar-refractivity contribution in [1.29, 1.82) is 0 Å². The predicted octanol–water partition coefficient (Wildman–Crippen LogP) is 3.61. The average molecular weight is 341 g/mol. The van der Waals surface area contributed by atoms with Crippen molar-refractivity contribution >= 4 is 29.1 Å². The average Bonchev–Trinajstić information content (AvgIpc) is 3.01. The summed E-state index contributed by atoms with van der Waals surface area (Å²) in [5, 5.41) is 11.1. The molecular formula is C16H28N4S2. The van der Waals surface area contributed by atoms with Gasteiger partial charge in [0.25, 0.3) is 0 Å². The first-order chi connectivity index (χ1) is 10.6. The fourth-order valence-electron chi connectivity index (χ4n) is 2.72. The molecule has 1 fully saturated rings. The minimum absolute atomic E-state index is 0.502. The van der Waals surface area contributed by atoms with Crippen LogP contribution in [0.4, 0.5) is 0 Å². The molecule has 1 aliphatic carbocycles. The minimum atomic E-state index is 0.502. The Morgan fingerprint density at radius 2 is 2.32 bits per heavy atom. The van der Waals surface area contributed by atoms with Crippen molar-refractivity contribution in [3.63, 3.8) is 0 Å². The maximum Gasteiger partial charge on any atom is 0.191 e. The van der Waals surface area contributed by atoms with E-state index in [-0.39, 0.29) is 0 Å². The molecule has 1 heterocycles. The molecule has 22 heavy (non-hydrogen) atoms. The molecule has 0 radical (unpaired) electrons. The Morgan fingerprint density at radius 3 is 2.95 bits per heavy atom. The van der Waals surface area contributed by atoms with E-state index in [1.807, 2.05) is 18.8 Å². The van der Waals surface area contributed by atoms with Crippen molar-refractivity contribution in [2.24, 2.45) is 4.99 Å². The van der Waals surface area contributed by atoms with Gasteiger partial charge in [0.15, 0.2) is 5.96 Å². The normalized spacial score (nSPS) is 22.9. The Bertz CT molecular complexity index is 484. The van der Waals surface area contributed by atoms with E-state index in [4.69, 9.17) is 0 Å². The van der Waals surface area contributed by atoms with Crippen LogP contribution in [0.1, 0.15) is 56.2 Å². The quantitative estimate of drug-likeness (QED) is 0.635. The Hall–Kier alpha value is -0.750. The third-order valence-corrected chi connectivity index (χ3v) is 6.31. The zero-order valence-electron chi connectivity index (χ0n) is 14.1. The third kappa shape index (κ3) is 5.16. The van der Waals surface area contributed by atoms with E-state index in [9.17, 15) is 0 Å². The molecule has 0 saturated heterocycles. The molecular weight excluding hydrogens is 312 g/mol. The minimum Gasteiger partial charge on any atom is -0.354 e. The number of thiazole rings is 1. The van der Waals surface area contributed by atoms with E-state index in [1.54, 1.807) is 11.3 Å². The van der Waals surface area contributed by atoms with Gasteiger partial charge in [0.2, 0.25) is 0 Å². The van der Waals surface area contributed by atoms with Gasteiger partial charge in [-0.25, -0.2) is 4.98 Å². The molecule has 1 aromatic rings. The lowest BCUT2D eigenvalue weighted by atomic mass is 9.95. The number of rotatable bonds is 5. The van der Waals surface area contributed by atoms with Crippen molar-refractivity contribution in [2.75, 3.05) is 13.3 Å². The molecule has 6 heteroatoms. The largest absolute Gasteiger partial charge is 0.354 e. The fraction of sp³-hybridized carbons (Fsp3) is 0.750. The van der Waals surface area contributed by atoms with Crippen LogP contribution in [0.5, 0.6) is 0 Å². The van der Waals surface area contributed by atoms with E-state index in [0.29, 0.717) is 12.0 Å². The number of aliphatic imine (C=N–C) groups is 1. The van der Waals surface area contributed by atoms with E-state index < -0.39 is 0 Å². The van der Waals surface area contributed by atoms with Gasteiger partial charge in [0.1, 0.15) is 0 Å². The highest BCUT2D eigenvalue weighted by Gasteiger charge is 2.21. The first-order valence-electron chi connectivity index (χ1n) is 8.06. The molecule has 0 aromatic carbocycles. The Kier molecular flexibility index (Phi) is 7.02. The van der Waals surface area contributed by atoms with Gasteiger partial charge < -0.3 is 10.6 Å². The standard InChI is InChI=1S/C16H28N4S2/c1-11(2)15-19-13(10-22-15)9-18-16(17-3)20-12-6-5-7-14(8-12)21-4/h10-12,14H,5-9H2,1-4H3,(H2,17,18,20). The van der Waals surface area contributed by atoms with Gasteiger partial charge in [-0.15, -0.1) is 11.3 Å². The van der Waals surface area contributed by atoms with Crippen LogP contribution >= 0.6 is 23.1 Å². The molecule has 2 unspecified atom stereocenters. The molecule has 0 amide bonds. The van der Waals surface area contributed by atoms with Crippen LogP contribution in [0.2, 0.25) is 0 Å². The zero-order chi connectivity index (χ0) is 15.9. The van der Waals surface area contributed by atoms with Crippen molar-refractivity contribution in [2.45, 2.75) is 63.3 Å². The third-order valence-electron chi connectivity index (χ3n) is 4.02. The van der Waals surface area contributed by atoms with E-state index >= 15 is 0 Å². The first kappa shape index (κ1) is 17.6. The topological polar surface area (TPSA) is 49.3 Å². The molecule has 1 aliphatic rings. The number of nitrogens with one attached hydrogen (secondary N) is 2. The maximum absolute atomic E-state index is 4.66. The molecule has 1 aromatic heterocycles. The summed E-state index contributed by atoms with van der Waals surface area (Å²) in [5.74, 6) is 1.40. The second-order valence-electron chi connectivity index (χ2n) is 6.12. The number of aromatic nitrogens is 1. The van der Waals surface area contributed by atoms with Gasteiger partial charge >= 0.3 is 0 Å². The van der Waals surface area contributed by atoms with Gasteiger partial charge in [-0.05, 0) is 25.5 Å². The van der Waals surface area contributed by atoms with Gasteiger partial charge in [-0.3, -0.25) is 4.99 Å². The molecule has 2 N–H and O–H groups in total. The molecule has 124 valence electrons. The SMILES string of the molecule is CN=C(NCc1csc(C(C)C)n1)NC1CCCC(SC)C1. The predicted molar refractivity (Wildman–Crippen MR) is 99.1 cm³/mol. The Labute approximate surface area is 142 Å². The summed E-state index contributed by atoms with van der Waals surface area (Å²) in [6.45, 7) is 5.10. The summed E-state index contributed by atoms with van der Waals surface area (Å²) in [4.78, 5) is 9.01. The zero-order valence-corrected chi connectivity index (χ0v) is 15.7. The second kappa shape index (κ2) is 8.77. The molecule has 2 rings (SSSR count). The molecule has 0 spiro atoms. The van der Waals surface area contributed by atoms with Gasteiger partial charge in [-0.1, -0.05) is 20.3 Å². The Morgan fingerprint density at radius 1 is 1.50 bits per heavy atom. The lowest BCUT2D eigenvalue weighted by Gasteiger charge is -2.29. The van der Waals surface area contributed by atoms with Crippen molar-refractivity contribution in [3.05, 3.63) is 16.1 Å². The van der Waals surface area contributed by atoms with Crippen LogP contribution in [0.3, 0.4) is 0 Å². The smallest absolute Gasteiger partial charge is 0.191 e. The van der Waals surface area contributed by atoms with Crippen molar-refractivity contribution in [1.82, 2.24) is 15.6 Å². The van der Waals surface area contributed by atoms with Crippen molar-refractivity contribution < 1.29 is 0 Å². The van der Waals surface area contributed by atoms with Gasteiger partial charge in [0.05, 0.1) is 17.2 Å². The second-order valence-corrected chi connectivity index (χ2v) is 8.15. The lowest BCUT2D eigenvalue weighted by molar-refractivity contribution is 0.419. The van der Waals surface area contributed by atoms with Crippen LogP contribution in [0.25, 0.3) is 0 Å². The van der Waals surface area contributed by atoms with Crippen molar-refractivity contribution in [3.8, 4) is 0 Å². The first-order valence-corrected chi connectivity index (χ1v) is 10.2. The van der Waals surface area contributed by atoms with Crippen LogP contribution in [-0.4, -0.2) is 35.5 Å². The monoisotopic (exact) mass is 340 g/mol. The van der Waals surface area contributed by atoms with E-state index in [2.05, 4.69) is 46.1 Å². The fourth-order valence-corrected chi connectivity index (χ4v) is 4.38. The molecule has 0 aliphatic heterocycles. The number of hydrogen-bond acceptors (Lipinski definition) is 4. The summed E-state index contributed by atoms with van der Waals surface area (Å²) in [6, 6.07) is 0.541. The summed E-state index contributed by atoms with van der Waals surface area (Å²) in [5.41, 5.74) is 1.10. The van der Waals surface area contributed by atoms with Crippen LogP contribution in [0.15, 0.2) is 10.4 Å². The Balaban J connectivity index is 1.81. The van der Waals surface area contributed by atoms with E-state index in [1.165, 1.54) is 30.7 Å². The summed E-state index contributed by atoms with van der Waals surface area (Å²) in [7, 11) is 1.84. The molecule has 4 nitrogen and oxygen atoms in total. The maximum atomic E-state index is 4.66. The van der Waals surface area contributed by atoms with Gasteiger partial charge in [0, 0.05) is 29.6 Å². The number of thioether (sulfide) groups is 1. The highest BCUT2D eigenvalue weighted by atomic mass is 32.2. The summed E-state index contributed by atoms with van der Waals surface area (Å²) in [6.07, 6.45) is 7.35. The number of guanidine groups is 1. The summed E-state index contributed by atoms with van der Waals surface area (Å²) < 4.78 is 0. The highest BCUT2D eigenvalue weighted by molar-refractivity contribution is 7.99. The van der Waals surface area contributed by atoms with Crippen LogP contribution in [0, 0.1) is 0 Å². The highest BCUT2D eigenvalue weighted by Crippen LogP contribution is 2.26. The van der Waals surface area contributed by atoms with E-state index in [0.717, 1.165) is 23.4 Å². The summed E-state index contributed by atoms with van der Waals surface area (Å²) >= 11 is 3.73. The number of nitrogens with zero attached hydrogens (tertiary/aromatic N) is 2. The molecule has 0 bridgehead atoms. The molecule has 1 saturated carbocycles. The van der Waals surface area contributed by atoms with Crippen LogP contribution in [-0.2, 0) is 6.54 Å². The lowest BCUT2D eigenvalue weighted by Crippen LogP contribution is -2.45. The number of hydrogen-bond donors (Lipinski definition) is 2. The van der Waals surface area contributed by atoms with Crippen LogP contribution < -0.4 is 10.6 Å². The molecule has 2 atom stereocenters.